The Balaban J connectivity index is 1.48. The molecule has 1 saturated heterocycles. The van der Waals surface area contributed by atoms with Gasteiger partial charge in [-0.05, 0) is 53.1 Å². The summed E-state index contributed by atoms with van der Waals surface area (Å²) in [5.41, 5.74) is 3.87. The van der Waals surface area contributed by atoms with Crippen LogP contribution >= 0.6 is 0 Å². The summed E-state index contributed by atoms with van der Waals surface area (Å²) in [6, 6.07) is 23.0. The van der Waals surface area contributed by atoms with E-state index < -0.39 is 0 Å². The van der Waals surface area contributed by atoms with Gasteiger partial charge in [0.25, 0.3) is 0 Å². The third-order valence-corrected chi connectivity index (χ3v) is 5.63. The molecule has 0 N–H and O–H groups in total. The average molecular weight is 403 g/mol. The van der Waals surface area contributed by atoms with E-state index in [1.165, 1.54) is 29.8 Å². The summed E-state index contributed by atoms with van der Waals surface area (Å²) >= 11 is 0. The van der Waals surface area contributed by atoms with Gasteiger partial charge in [0.2, 0.25) is 0 Å². The first kappa shape index (κ1) is 20.2. The molecule has 0 atom stereocenters. The molecule has 3 aromatic carbocycles. The highest BCUT2D eigenvalue weighted by molar-refractivity contribution is 5.33. The van der Waals surface area contributed by atoms with Crippen LogP contribution in [0.25, 0.3) is 0 Å². The zero-order valence-electron chi connectivity index (χ0n) is 16.6. The van der Waals surface area contributed by atoms with E-state index in [9.17, 15) is 8.78 Å². The second-order valence-electron chi connectivity index (χ2n) is 7.63. The average Bonchev–Trinajstić information content (AvgIpc) is 2.78. The van der Waals surface area contributed by atoms with E-state index in [0.717, 1.165) is 43.9 Å². The molecule has 0 saturated carbocycles. The molecule has 3 aromatic rings. The maximum absolute atomic E-state index is 13.5. The van der Waals surface area contributed by atoms with Gasteiger partial charge in [-0.25, -0.2) is 8.78 Å². The van der Waals surface area contributed by atoms with Gasteiger partial charge in [-0.3, -0.25) is 9.80 Å². The summed E-state index contributed by atoms with van der Waals surface area (Å²) in [7, 11) is 0. The van der Waals surface area contributed by atoms with E-state index in [1.807, 2.05) is 48.5 Å². The second kappa shape index (κ2) is 9.17. The predicted octanol–water partition coefficient (Wildman–Crippen LogP) is 4.74. The molecule has 0 aliphatic carbocycles. The van der Waals surface area contributed by atoms with Gasteiger partial charge in [-0.15, -0.1) is 0 Å². The maximum atomic E-state index is 13.5. The number of benzene rings is 3. The summed E-state index contributed by atoms with van der Waals surface area (Å²) in [4.78, 5) is 4.76. The molecule has 1 aliphatic heterocycles. The van der Waals surface area contributed by atoms with Crippen molar-refractivity contribution in [2.75, 3.05) is 26.2 Å². The van der Waals surface area contributed by atoms with Crippen LogP contribution in [0.4, 0.5) is 8.78 Å². The van der Waals surface area contributed by atoms with Crippen molar-refractivity contribution in [1.29, 1.82) is 5.26 Å². The lowest BCUT2D eigenvalue weighted by molar-refractivity contribution is 0.105. The fourth-order valence-electron chi connectivity index (χ4n) is 4.03. The Morgan fingerprint density at radius 3 is 1.70 bits per heavy atom. The van der Waals surface area contributed by atoms with Crippen LogP contribution in [-0.4, -0.2) is 36.0 Å². The van der Waals surface area contributed by atoms with Crippen LogP contribution in [0.5, 0.6) is 0 Å². The molecule has 0 amide bonds. The van der Waals surface area contributed by atoms with Crippen molar-refractivity contribution < 1.29 is 8.78 Å². The van der Waals surface area contributed by atoms with Crippen molar-refractivity contribution in [1.82, 2.24) is 9.80 Å². The highest BCUT2D eigenvalue weighted by Crippen LogP contribution is 2.30. The molecule has 0 spiro atoms. The smallest absolute Gasteiger partial charge is 0.123 e. The van der Waals surface area contributed by atoms with E-state index in [0.29, 0.717) is 5.56 Å². The van der Waals surface area contributed by atoms with Gasteiger partial charge in [0.05, 0.1) is 17.7 Å². The summed E-state index contributed by atoms with van der Waals surface area (Å²) in [6.07, 6.45) is 0. The molecule has 4 rings (SSSR count). The molecule has 1 aliphatic rings. The minimum Gasteiger partial charge on any atom is -0.297 e. The van der Waals surface area contributed by atoms with Gasteiger partial charge >= 0.3 is 0 Å². The Morgan fingerprint density at radius 1 is 0.733 bits per heavy atom. The first-order chi connectivity index (χ1) is 14.6. The molecule has 0 aromatic heterocycles. The van der Waals surface area contributed by atoms with Crippen LogP contribution in [0.1, 0.15) is 28.3 Å². The first-order valence-electron chi connectivity index (χ1n) is 10.1. The molecular formula is C25H23F2N3. The number of halogens is 2. The summed E-state index contributed by atoms with van der Waals surface area (Å²) < 4.78 is 26.9. The van der Waals surface area contributed by atoms with Gasteiger partial charge in [0, 0.05) is 32.7 Å². The van der Waals surface area contributed by atoms with E-state index in [2.05, 4.69) is 15.9 Å². The minimum atomic E-state index is -0.260. The lowest BCUT2D eigenvalue weighted by Gasteiger charge is -2.40. The number of hydrogen-bond acceptors (Lipinski definition) is 3. The lowest BCUT2D eigenvalue weighted by atomic mass is 9.96. The van der Waals surface area contributed by atoms with Crippen LogP contribution in [0, 0.1) is 23.0 Å². The summed E-state index contributed by atoms with van der Waals surface area (Å²) in [5.74, 6) is -0.521. The largest absolute Gasteiger partial charge is 0.297 e. The normalized spacial score (nSPS) is 15.3. The molecule has 3 nitrogen and oxygen atoms in total. The van der Waals surface area contributed by atoms with Gasteiger partial charge in [-0.1, -0.05) is 36.4 Å². The van der Waals surface area contributed by atoms with E-state index >= 15 is 0 Å². The molecule has 30 heavy (non-hydrogen) atoms. The van der Waals surface area contributed by atoms with Crippen molar-refractivity contribution in [3.63, 3.8) is 0 Å². The molecule has 1 heterocycles. The van der Waals surface area contributed by atoms with Crippen LogP contribution in [0.3, 0.4) is 0 Å². The Morgan fingerprint density at radius 2 is 1.23 bits per heavy atom. The van der Waals surface area contributed by atoms with E-state index in [4.69, 9.17) is 5.26 Å². The quantitative estimate of drug-likeness (QED) is 0.616. The number of nitriles is 1. The fraction of sp³-hybridized carbons (Fsp3) is 0.240. The Kier molecular flexibility index (Phi) is 6.18. The SMILES string of the molecule is N#Cc1ccc(CN2CCN(C(c3ccc(F)cc3)c3ccc(F)cc3)CC2)cc1. The van der Waals surface area contributed by atoms with Crippen molar-refractivity contribution in [2.24, 2.45) is 0 Å². The Hall–Kier alpha value is -3.07. The molecule has 0 unspecified atom stereocenters. The Bertz CT molecular complexity index is 955. The van der Waals surface area contributed by atoms with Crippen LogP contribution in [-0.2, 0) is 6.54 Å². The van der Waals surface area contributed by atoms with Crippen molar-refractivity contribution in [2.45, 2.75) is 12.6 Å². The monoisotopic (exact) mass is 403 g/mol. The Labute approximate surface area is 175 Å². The molecule has 1 fully saturated rings. The maximum Gasteiger partial charge on any atom is 0.123 e. The second-order valence-corrected chi connectivity index (χ2v) is 7.63. The first-order valence-corrected chi connectivity index (χ1v) is 10.1. The molecule has 152 valence electrons. The van der Waals surface area contributed by atoms with Crippen molar-refractivity contribution in [3.8, 4) is 6.07 Å². The standard InChI is InChI=1S/C25H23F2N3/c26-23-9-5-21(6-10-23)25(22-7-11-24(27)12-8-22)30-15-13-29(14-16-30)18-20-3-1-19(17-28)2-4-20/h1-12,25H,13-16,18H2. The number of hydrogen-bond donors (Lipinski definition) is 0. The highest BCUT2D eigenvalue weighted by atomic mass is 19.1. The van der Waals surface area contributed by atoms with Gasteiger partial charge in [0.1, 0.15) is 11.6 Å². The fourth-order valence-corrected chi connectivity index (χ4v) is 4.03. The zero-order chi connectivity index (χ0) is 20.9. The minimum absolute atomic E-state index is 0.0386. The topological polar surface area (TPSA) is 30.3 Å². The molecule has 0 radical (unpaired) electrons. The van der Waals surface area contributed by atoms with Crippen LogP contribution in [0.2, 0.25) is 0 Å². The van der Waals surface area contributed by atoms with Crippen molar-refractivity contribution >= 4 is 0 Å². The zero-order valence-corrected chi connectivity index (χ0v) is 16.6. The molecule has 0 bridgehead atoms. The molecular weight excluding hydrogens is 380 g/mol. The van der Waals surface area contributed by atoms with Gasteiger partial charge < -0.3 is 0 Å². The van der Waals surface area contributed by atoms with Gasteiger partial charge in [0.15, 0.2) is 0 Å². The van der Waals surface area contributed by atoms with Gasteiger partial charge in [-0.2, -0.15) is 5.26 Å². The summed E-state index contributed by atoms with van der Waals surface area (Å²) in [6.45, 7) is 4.36. The van der Waals surface area contributed by atoms with Crippen molar-refractivity contribution in [3.05, 3.63) is 107 Å². The number of piperazine rings is 1. The van der Waals surface area contributed by atoms with Crippen LogP contribution < -0.4 is 0 Å². The third kappa shape index (κ3) is 4.73. The highest BCUT2D eigenvalue weighted by Gasteiger charge is 2.26. The number of rotatable bonds is 5. The van der Waals surface area contributed by atoms with E-state index in [-0.39, 0.29) is 17.7 Å². The molecule has 5 heteroatoms. The lowest BCUT2D eigenvalue weighted by Crippen LogP contribution is -2.47. The van der Waals surface area contributed by atoms with E-state index in [1.54, 1.807) is 0 Å². The number of nitrogens with zero attached hydrogens (tertiary/aromatic N) is 3. The predicted molar refractivity (Wildman–Crippen MR) is 113 cm³/mol. The summed E-state index contributed by atoms with van der Waals surface area (Å²) in [5, 5.41) is 8.94. The van der Waals surface area contributed by atoms with Crippen LogP contribution in [0.15, 0.2) is 72.8 Å². The third-order valence-electron chi connectivity index (χ3n) is 5.63.